The SMILES string of the molecule is O=C1[C@H]2CCCC[C@H]2C(=O)N1c1ccc2nc(SCc3c(Cl)cccc3[N+](=O)[O-])sc2c1. The Balaban J connectivity index is 1.39. The van der Waals surface area contributed by atoms with Crippen molar-refractivity contribution >= 4 is 68.1 Å². The van der Waals surface area contributed by atoms with Gasteiger partial charge in [-0.05, 0) is 37.1 Å². The molecule has 2 atom stereocenters. The molecule has 0 spiro atoms. The number of imide groups is 1. The molecule has 1 aliphatic carbocycles. The number of fused-ring (bicyclic) bond motifs is 2. The fourth-order valence-corrected chi connectivity index (χ4v) is 6.97. The molecule has 0 bridgehead atoms. The lowest BCUT2D eigenvalue weighted by Crippen LogP contribution is -2.30. The lowest BCUT2D eigenvalue weighted by molar-refractivity contribution is -0.385. The van der Waals surface area contributed by atoms with Crippen LogP contribution in [-0.4, -0.2) is 21.7 Å². The third-order valence-corrected chi connectivity index (χ3v) is 8.62. The number of anilines is 1. The molecule has 1 aliphatic heterocycles. The number of hydrogen-bond acceptors (Lipinski definition) is 7. The van der Waals surface area contributed by atoms with Crippen molar-refractivity contribution < 1.29 is 14.5 Å². The van der Waals surface area contributed by atoms with E-state index >= 15 is 0 Å². The van der Waals surface area contributed by atoms with Crippen molar-refractivity contribution in [1.82, 2.24) is 4.98 Å². The molecule has 0 radical (unpaired) electrons. The molecule has 0 N–H and O–H groups in total. The monoisotopic (exact) mass is 487 g/mol. The molecular formula is C22H18ClN3O4S2. The van der Waals surface area contributed by atoms with E-state index in [1.54, 1.807) is 18.2 Å². The van der Waals surface area contributed by atoms with Crippen molar-refractivity contribution in [3.8, 4) is 0 Å². The number of hydrogen-bond donors (Lipinski definition) is 0. The normalized spacial score (nSPS) is 20.7. The third kappa shape index (κ3) is 3.68. The maximum Gasteiger partial charge on any atom is 0.274 e. The molecule has 164 valence electrons. The predicted octanol–water partition coefficient (Wildman–Crippen LogP) is 5.83. The predicted molar refractivity (Wildman–Crippen MR) is 125 cm³/mol. The standard InChI is InChI=1S/C22H18ClN3O4S2/c23-16-6-3-7-18(26(29)30)15(16)11-31-22-24-17-9-8-12(10-19(17)32-22)25-20(27)13-4-1-2-5-14(13)21(25)28/h3,6-10,13-14H,1-2,4-5,11H2/t13-,14+. The molecule has 10 heteroatoms. The zero-order valence-corrected chi connectivity index (χ0v) is 19.2. The number of aromatic nitrogens is 1. The van der Waals surface area contributed by atoms with E-state index in [-0.39, 0.29) is 29.3 Å². The van der Waals surface area contributed by atoms with Gasteiger partial charge in [0.25, 0.3) is 5.69 Å². The fraction of sp³-hybridized carbons (Fsp3) is 0.318. The van der Waals surface area contributed by atoms with Gasteiger partial charge in [-0.25, -0.2) is 4.98 Å². The summed E-state index contributed by atoms with van der Waals surface area (Å²) in [6.07, 6.45) is 3.55. The first-order chi connectivity index (χ1) is 15.4. The van der Waals surface area contributed by atoms with Crippen LogP contribution in [0.25, 0.3) is 10.2 Å². The van der Waals surface area contributed by atoms with Crippen molar-refractivity contribution in [1.29, 1.82) is 0 Å². The van der Waals surface area contributed by atoms with E-state index in [9.17, 15) is 19.7 Å². The van der Waals surface area contributed by atoms with E-state index in [1.165, 1.54) is 34.1 Å². The molecule has 5 rings (SSSR count). The summed E-state index contributed by atoms with van der Waals surface area (Å²) < 4.78 is 1.59. The second kappa shape index (κ2) is 8.46. The van der Waals surface area contributed by atoms with E-state index < -0.39 is 4.92 Å². The lowest BCUT2D eigenvalue weighted by Gasteiger charge is -2.19. The van der Waals surface area contributed by atoms with Crippen LogP contribution in [0.1, 0.15) is 31.2 Å². The molecule has 0 unspecified atom stereocenters. The highest BCUT2D eigenvalue weighted by Gasteiger charge is 2.48. The molecule has 2 aromatic carbocycles. The van der Waals surface area contributed by atoms with Crippen LogP contribution < -0.4 is 4.90 Å². The van der Waals surface area contributed by atoms with Crippen molar-refractivity contribution in [3.63, 3.8) is 0 Å². The Morgan fingerprint density at radius 3 is 2.56 bits per heavy atom. The maximum absolute atomic E-state index is 12.9. The Kier molecular flexibility index (Phi) is 5.65. The smallest absolute Gasteiger partial charge is 0.274 e. The van der Waals surface area contributed by atoms with E-state index in [2.05, 4.69) is 4.98 Å². The first-order valence-corrected chi connectivity index (χ1v) is 12.4. The molecule has 32 heavy (non-hydrogen) atoms. The largest absolute Gasteiger partial charge is 0.274 e. The van der Waals surface area contributed by atoms with Crippen molar-refractivity contribution in [2.75, 3.05) is 4.90 Å². The number of carbonyl (C=O) groups excluding carboxylic acids is 2. The number of benzene rings is 2. The number of rotatable bonds is 5. The van der Waals surface area contributed by atoms with Crippen LogP contribution in [0.3, 0.4) is 0 Å². The number of nitro benzene ring substituents is 1. The van der Waals surface area contributed by atoms with Gasteiger partial charge in [0.1, 0.15) is 0 Å². The molecule has 1 saturated heterocycles. The minimum absolute atomic E-state index is 0.0130. The average Bonchev–Trinajstić information content (AvgIpc) is 3.30. The van der Waals surface area contributed by atoms with Crippen LogP contribution in [0.15, 0.2) is 40.7 Å². The van der Waals surface area contributed by atoms with Gasteiger partial charge in [-0.1, -0.05) is 42.3 Å². The van der Waals surface area contributed by atoms with Crippen LogP contribution in [0.2, 0.25) is 5.02 Å². The average molecular weight is 488 g/mol. The van der Waals surface area contributed by atoms with Crippen LogP contribution in [-0.2, 0) is 15.3 Å². The zero-order valence-electron chi connectivity index (χ0n) is 16.8. The Morgan fingerprint density at radius 1 is 1.16 bits per heavy atom. The molecule has 1 saturated carbocycles. The minimum Gasteiger partial charge on any atom is -0.274 e. The minimum atomic E-state index is -0.436. The second-order valence-electron chi connectivity index (χ2n) is 7.92. The topological polar surface area (TPSA) is 93.4 Å². The highest BCUT2D eigenvalue weighted by Crippen LogP contribution is 2.42. The second-order valence-corrected chi connectivity index (χ2v) is 10.6. The van der Waals surface area contributed by atoms with Gasteiger partial charge < -0.3 is 0 Å². The molecule has 3 aromatic rings. The summed E-state index contributed by atoms with van der Waals surface area (Å²) in [4.78, 5) is 42.6. The van der Waals surface area contributed by atoms with Gasteiger partial charge in [-0.15, -0.1) is 11.3 Å². The Bertz CT molecular complexity index is 1240. The molecule has 7 nitrogen and oxygen atoms in total. The number of nitrogens with zero attached hydrogens (tertiary/aromatic N) is 3. The fourth-order valence-electron chi connectivity index (χ4n) is 4.50. The summed E-state index contributed by atoms with van der Waals surface area (Å²) in [6.45, 7) is 0. The quantitative estimate of drug-likeness (QED) is 0.194. The van der Waals surface area contributed by atoms with Gasteiger partial charge in [0, 0.05) is 11.8 Å². The zero-order chi connectivity index (χ0) is 22.4. The molecule has 2 fully saturated rings. The highest BCUT2D eigenvalue weighted by molar-refractivity contribution is 8.00. The van der Waals surface area contributed by atoms with Crippen molar-refractivity contribution in [2.24, 2.45) is 11.8 Å². The Morgan fingerprint density at radius 2 is 1.88 bits per heavy atom. The Labute approximate surface area is 196 Å². The van der Waals surface area contributed by atoms with E-state index in [4.69, 9.17) is 11.6 Å². The summed E-state index contributed by atoms with van der Waals surface area (Å²) in [5.74, 6) is -0.250. The van der Waals surface area contributed by atoms with Crippen LogP contribution in [0.5, 0.6) is 0 Å². The number of carbonyl (C=O) groups is 2. The summed E-state index contributed by atoms with van der Waals surface area (Å²) >= 11 is 8.99. The molecule has 2 amide bonds. The van der Waals surface area contributed by atoms with Gasteiger partial charge in [0.2, 0.25) is 11.8 Å². The summed E-state index contributed by atoms with van der Waals surface area (Å²) in [6, 6.07) is 10.0. The Hall–Kier alpha value is -2.49. The summed E-state index contributed by atoms with van der Waals surface area (Å²) in [5.41, 5.74) is 1.79. The van der Waals surface area contributed by atoms with Gasteiger partial charge in [-0.3, -0.25) is 24.6 Å². The number of nitro groups is 1. The first kappa shape index (κ1) is 21.4. The summed E-state index contributed by atoms with van der Waals surface area (Å²) in [7, 11) is 0. The lowest BCUT2D eigenvalue weighted by atomic mass is 9.81. The van der Waals surface area contributed by atoms with E-state index in [0.29, 0.717) is 22.0 Å². The van der Waals surface area contributed by atoms with E-state index in [1.807, 2.05) is 12.1 Å². The number of amides is 2. The van der Waals surface area contributed by atoms with Gasteiger partial charge in [0.15, 0.2) is 4.34 Å². The molecular weight excluding hydrogens is 470 g/mol. The summed E-state index contributed by atoms with van der Waals surface area (Å²) in [5, 5.41) is 11.7. The van der Waals surface area contributed by atoms with Crippen molar-refractivity contribution in [2.45, 2.75) is 35.8 Å². The number of thioether (sulfide) groups is 1. The van der Waals surface area contributed by atoms with Gasteiger partial charge in [-0.2, -0.15) is 0 Å². The first-order valence-electron chi connectivity index (χ1n) is 10.3. The number of halogens is 1. The van der Waals surface area contributed by atoms with Crippen LogP contribution in [0.4, 0.5) is 11.4 Å². The molecule has 1 aromatic heterocycles. The van der Waals surface area contributed by atoms with E-state index in [0.717, 1.165) is 40.2 Å². The maximum atomic E-state index is 12.9. The molecule has 2 heterocycles. The third-order valence-electron chi connectivity index (χ3n) is 6.08. The van der Waals surface area contributed by atoms with Crippen molar-refractivity contribution in [3.05, 3.63) is 57.1 Å². The van der Waals surface area contributed by atoms with Crippen LogP contribution >= 0.6 is 34.7 Å². The highest BCUT2D eigenvalue weighted by atomic mass is 35.5. The van der Waals surface area contributed by atoms with Gasteiger partial charge in [0.05, 0.1) is 43.2 Å². The molecule has 2 aliphatic rings. The number of thiazole rings is 1. The van der Waals surface area contributed by atoms with Crippen LogP contribution in [0, 0.1) is 22.0 Å². The van der Waals surface area contributed by atoms with Gasteiger partial charge >= 0.3 is 0 Å².